The molecule has 19 heavy (non-hydrogen) atoms. The summed E-state index contributed by atoms with van der Waals surface area (Å²) in [5.74, 6) is 0. The van der Waals surface area contributed by atoms with Gasteiger partial charge < -0.3 is 15.3 Å². The van der Waals surface area contributed by atoms with E-state index in [0.717, 1.165) is 6.42 Å². The van der Waals surface area contributed by atoms with Crippen LogP contribution in [0.5, 0.6) is 0 Å². The molecule has 0 aliphatic heterocycles. The zero-order valence-electron chi connectivity index (χ0n) is 12.2. The summed E-state index contributed by atoms with van der Waals surface area (Å²) in [5.41, 5.74) is 3.76. The van der Waals surface area contributed by atoms with Gasteiger partial charge >= 0.3 is 6.03 Å². The van der Waals surface area contributed by atoms with Gasteiger partial charge in [-0.3, -0.25) is 0 Å². The number of carbonyl (C=O) groups is 1. The number of rotatable bonds is 5. The molecule has 4 nitrogen and oxygen atoms in total. The average Bonchev–Trinajstić information content (AvgIpc) is 2.39. The molecule has 2 N–H and O–H groups in total. The summed E-state index contributed by atoms with van der Waals surface area (Å²) >= 11 is 0. The van der Waals surface area contributed by atoms with E-state index in [2.05, 4.69) is 37.4 Å². The number of carbonyl (C=O) groups excluding carboxylic acids is 1. The minimum atomic E-state index is -0.166. The molecule has 0 radical (unpaired) electrons. The van der Waals surface area contributed by atoms with Crippen molar-refractivity contribution in [2.24, 2.45) is 0 Å². The van der Waals surface area contributed by atoms with Gasteiger partial charge in [0.1, 0.15) is 0 Å². The van der Waals surface area contributed by atoms with E-state index in [0.29, 0.717) is 6.54 Å². The predicted molar refractivity (Wildman–Crippen MR) is 77.3 cm³/mol. The molecule has 0 aromatic heterocycles. The molecule has 1 rings (SSSR count). The Balaban J connectivity index is 2.44. The Morgan fingerprint density at radius 2 is 2.11 bits per heavy atom. The van der Waals surface area contributed by atoms with Gasteiger partial charge in [0.15, 0.2) is 0 Å². The summed E-state index contributed by atoms with van der Waals surface area (Å²) in [6.45, 7) is 6.55. The van der Waals surface area contributed by atoms with Crippen molar-refractivity contribution >= 4 is 6.03 Å². The van der Waals surface area contributed by atoms with Crippen molar-refractivity contribution in [3.05, 3.63) is 34.9 Å². The minimum Gasteiger partial charge on any atom is -0.394 e. The smallest absolute Gasteiger partial charge is 0.317 e. The summed E-state index contributed by atoms with van der Waals surface area (Å²) in [6.07, 6.45) is 0.819. The van der Waals surface area contributed by atoms with Gasteiger partial charge in [-0.1, -0.05) is 23.8 Å². The first-order valence-corrected chi connectivity index (χ1v) is 6.63. The molecule has 0 bridgehead atoms. The number of nitrogens with one attached hydrogen (secondary N) is 1. The first-order chi connectivity index (χ1) is 8.95. The molecule has 1 aromatic carbocycles. The van der Waals surface area contributed by atoms with E-state index in [-0.39, 0.29) is 18.7 Å². The third kappa shape index (κ3) is 4.56. The number of urea groups is 1. The number of amides is 2. The van der Waals surface area contributed by atoms with Crippen LogP contribution in [0.2, 0.25) is 0 Å². The Morgan fingerprint density at radius 3 is 2.68 bits per heavy atom. The summed E-state index contributed by atoms with van der Waals surface area (Å²) in [4.78, 5) is 13.3. The lowest BCUT2D eigenvalue weighted by Crippen LogP contribution is -2.44. The number of likely N-dealkylation sites (N-methyl/N-ethyl adjacent to an activating group) is 1. The van der Waals surface area contributed by atoms with Crippen molar-refractivity contribution < 1.29 is 9.90 Å². The molecule has 0 aliphatic rings. The summed E-state index contributed by atoms with van der Waals surface area (Å²) < 4.78 is 0. The first-order valence-electron chi connectivity index (χ1n) is 6.63. The lowest BCUT2D eigenvalue weighted by atomic mass is 10.0. The fourth-order valence-corrected chi connectivity index (χ4v) is 1.88. The van der Waals surface area contributed by atoms with Crippen LogP contribution in [0.4, 0.5) is 4.79 Å². The average molecular weight is 264 g/mol. The number of nitrogens with zero attached hydrogens (tertiary/aromatic N) is 1. The third-order valence-corrected chi connectivity index (χ3v) is 3.41. The SMILES string of the molecule is Cc1ccc(CCNC(=O)N(C)C(C)CO)c(C)c1. The lowest BCUT2D eigenvalue weighted by molar-refractivity contribution is 0.157. The zero-order chi connectivity index (χ0) is 14.4. The molecular formula is C15H24N2O2. The molecule has 0 saturated heterocycles. The van der Waals surface area contributed by atoms with Crippen molar-refractivity contribution in [1.29, 1.82) is 0 Å². The van der Waals surface area contributed by atoms with E-state index in [4.69, 9.17) is 5.11 Å². The standard InChI is InChI=1S/C15H24N2O2/c1-11-5-6-14(12(2)9-11)7-8-16-15(19)17(4)13(3)10-18/h5-6,9,13,18H,7-8,10H2,1-4H3,(H,16,19). The molecule has 1 aromatic rings. The van der Waals surface area contributed by atoms with Gasteiger partial charge in [0, 0.05) is 13.6 Å². The van der Waals surface area contributed by atoms with Gasteiger partial charge in [-0.05, 0) is 38.3 Å². The quantitative estimate of drug-likeness (QED) is 0.853. The van der Waals surface area contributed by atoms with Gasteiger partial charge in [0.25, 0.3) is 0 Å². The van der Waals surface area contributed by atoms with Crippen molar-refractivity contribution in [2.75, 3.05) is 20.2 Å². The van der Waals surface area contributed by atoms with Gasteiger partial charge in [-0.25, -0.2) is 4.79 Å². The fraction of sp³-hybridized carbons (Fsp3) is 0.533. The van der Waals surface area contributed by atoms with Crippen LogP contribution >= 0.6 is 0 Å². The molecule has 1 unspecified atom stereocenters. The third-order valence-electron chi connectivity index (χ3n) is 3.41. The molecule has 0 fully saturated rings. The summed E-state index contributed by atoms with van der Waals surface area (Å²) in [5, 5.41) is 11.9. The highest BCUT2D eigenvalue weighted by molar-refractivity contribution is 5.74. The number of hydrogen-bond acceptors (Lipinski definition) is 2. The molecule has 1 atom stereocenters. The highest BCUT2D eigenvalue weighted by Gasteiger charge is 2.13. The molecule has 0 heterocycles. The molecule has 0 saturated carbocycles. The number of aliphatic hydroxyl groups excluding tert-OH is 1. The number of hydrogen-bond donors (Lipinski definition) is 2. The van der Waals surface area contributed by atoms with Crippen molar-refractivity contribution in [3.63, 3.8) is 0 Å². The molecule has 0 spiro atoms. The Labute approximate surface area is 115 Å². The molecule has 0 aliphatic carbocycles. The maximum Gasteiger partial charge on any atom is 0.317 e. The summed E-state index contributed by atoms with van der Waals surface area (Å²) in [6, 6.07) is 6.03. The second-order valence-corrected chi connectivity index (χ2v) is 5.05. The fourth-order valence-electron chi connectivity index (χ4n) is 1.88. The Hall–Kier alpha value is -1.55. The van der Waals surface area contributed by atoms with E-state index in [1.54, 1.807) is 7.05 Å². The Bertz CT molecular complexity index is 432. The second kappa shape index (κ2) is 7.14. The van der Waals surface area contributed by atoms with Crippen molar-refractivity contribution in [2.45, 2.75) is 33.2 Å². The van der Waals surface area contributed by atoms with Gasteiger partial charge in [0.05, 0.1) is 12.6 Å². The van der Waals surface area contributed by atoms with Crippen LogP contribution in [-0.2, 0) is 6.42 Å². The maximum absolute atomic E-state index is 11.8. The maximum atomic E-state index is 11.8. The van der Waals surface area contributed by atoms with E-state index >= 15 is 0 Å². The van der Waals surface area contributed by atoms with Gasteiger partial charge in [-0.2, -0.15) is 0 Å². The minimum absolute atomic E-state index is 0.0268. The number of aliphatic hydroxyl groups is 1. The number of aryl methyl sites for hydroxylation is 2. The van der Waals surface area contributed by atoms with Crippen LogP contribution in [-0.4, -0.2) is 42.3 Å². The highest BCUT2D eigenvalue weighted by atomic mass is 16.3. The van der Waals surface area contributed by atoms with Gasteiger partial charge in [-0.15, -0.1) is 0 Å². The van der Waals surface area contributed by atoms with Crippen LogP contribution in [0, 0.1) is 13.8 Å². The second-order valence-electron chi connectivity index (χ2n) is 5.05. The first kappa shape index (κ1) is 15.5. The summed E-state index contributed by atoms with van der Waals surface area (Å²) in [7, 11) is 1.69. The van der Waals surface area contributed by atoms with Crippen molar-refractivity contribution in [3.8, 4) is 0 Å². The van der Waals surface area contributed by atoms with Crippen molar-refractivity contribution in [1.82, 2.24) is 10.2 Å². The van der Waals surface area contributed by atoms with Crippen LogP contribution in [0.15, 0.2) is 18.2 Å². The normalized spacial score (nSPS) is 12.1. The van der Waals surface area contributed by atoms with Crippen LogP contribution in [0.3, 0.4) is 0 Å². The van der Waals surface area contributed by atoms with Crippen LogP contribution in [0.25, 0.3) is 0 Å². The largest absolute Gasteiger partial charge is 0.394 e. The van der Waals surface area contributed by atoms with E-state index in [9.17, 15) is 4.79 Å². The lowest BCUT2D eigenvalue weighted by Gasteiger charge is -2.23. The molecule has 106 valence electrons. The monoisotopic (exact) mass is 264 g/mol. The van der Waals surface area contributed by atoms with Crippen LogP contribution < -0.4 is 5.32 Å². The molecular weight excluding hydrogens is 240 g/mol. The number of benzene rings is 1. The van der Waals surface area contributed by atoms with E-state index in [1.165, 1.54) is 21.6 Å². The van der Waals surface area contributed by atoms with E-state index < -0.39 is 0 Å². The van der Waals surface area contributed by atoms with Crippen LogP contribution in [0.1, 0.15) is 23.6 Å². The predicted octanol–water partition coefficient (Wildman–Crippen LogP) is 1.87. The highest BCUT2D eigenvalue weighted by Crippen LogP contribution is 2.10. The Morgan fingerprint density at radius 1 is 1.42 bits per heavy atom. The molecule has 4 heteroatoms. The Kier molecular flexibility index (Phi) is 5.83. The zero-order valence-corrected chi connectivity index (χ0v) is 12.2. The topological polar surface area (TPSA) is 52.6 Å². The van der Waals surface area contributed by atoms with Gasteiger partial charge in [0.2, 0.25) is 0 Å². The molecule has 2 amide bonds. The van der Waals surface area contributed by atoms with E-state index in [1.807, 2.05) is 6.92 Å².